The van der Waals surface area contributed by atoms with Crippen LogP contribution in [0, 0.1) is 18.7 Å². The second-order valence-electron chi connectivity index (χ2n) is 6.41. The quantitative estimate of drug-likeness (QED) is 0.848. The predicted molar refractivity (Wildman–Crippen MR) is 78.2 cm³/mol. The average Bonchev–Trinajstić information content (AvgIpc) is 3.20. The van der Waals surface area contributed by atoms with Crippen molar-refractivity contribution >= 4 is 5.91 Å². The second kappa shape index (κ2) is 5.11. The largest absolute Gasteiger partial charge is 0.339 e. The van der Waals surface area contributed by atoms with Gasteiger partial charge in [0.1, 0.15) is 0 Å². The van der Waals surface area contributed by atoms with Crippen LogP contribution >= 0.6 is 0 Å². The zero-order valence-corrected chi connectivity index (χ0v) is 12.8. The van der Waals surface area contributed by atoms with Gasteiger partial charge in [0.15, 0.2) is 17.3 Å². The Bertz CT molecular complexity index is 762. The molecule has 1 amide bonds. The predicted octanol–water partition coefficient (Wildman–Crippen LogP) is 2.11. The summed E-state index contributed by atoms with van der Waals surface area (Å²) in [5.74, 6) is 0.526. The summed E-state index contributed by atoms with van der Waals surface area (Å²) in [5.41, 5.74) is -0.410. The van der Waals surface area contributed by atoms with Crippen LogP contribution in [0.1, 0.15) is 41.5 Å². The summed E-state index contributed by atoms with van der Waals surface area (Å²) in [6.45, 7) is 2.85. The first-order valence-corrected chi connectivity index (χ1v) is 7.81. The molecule has 1 aliphatic carbocycles. The van der Waals surface area contributed by atoms with Crippen LogP contribution < -0.4 is 0 Å². The first-order valence-electron chi connectivity index (χ1n) is 7.81. The highest BCUT2D eigenvalue weighted by Crippen LogP contribution is 2.50. The molecule has 0 spiro atoms. The van der Waals surface area contributed by atoms with Crippen molar-refractivity contribution in [1.29, 1.82) is 0 Å². The molecule has 23 heavy (non-hydrogen) atoms. The molecule has 2 aliphatic rings. The van der Waals surface area contributed by atoms with Gasteiger partial charge in [-0.15, -0.1) is 0 Å². The molecule has 6 nitrogen and oxygen atoms in total. The summed E-state index contributed by atoms with van der Waals surface area (Å²) in [4.78, 5) is 22.6. The van der Waals surface area contributed by atoms with Crippen molar-refractivity contribution in [2.45, 2.75) is 31.6 Å². The third-order valence-corrected chi connectivity index (χ3v) is 5.07. The minimum Gasteiger partial charge on any atom is -0.339 e. The van der Waals surface area contributed by atoms with Crippen LogP contribution in [-0.2, 0) is 5.41 Å². The van der Waals surface area contributed by atoms with E-state index in [0.717, 1.165) is 19.3 Å². The molecule has 2 aromatic rings. The number of fused-ring (bicyclic) bond motifs is 1. The van der Waals surface area contributed by atoms with Gasteiger partial charge in [0.2, 0.25) is 5.89 Å². The molecule has 0 N–H and O–H groups in total. The third-order valence-electron chi connectivity index (χ3n) is 5.07. The number of carbonyl (C=O) groups excluding carboxylic acids is 1. The number of aromatic nitrogens is 3. The lowest BCUT2D eigenvalue weighted by Gasteiger charge is -2.24. The molecule has 2 aromatic heterocycles. The average molecular weight is 316 g/mol. The molecule has 1 aliphatic heterocycles. The third kappa shape index (κ3) is 2.14. The van der Waals surface area contributed by atoms with Gasteiger partial charge in [-0.05, 0) is 37.8 Å². The van der Waals surface area contributed by atoms with Crippen molar-refractivity contribution in [3.05, 3.63) is 41.6 Å². The minimum atomic E-state index is -0.586. The van der Waals surface area contributed by atoms with Gasteiger partial charge in [0.25, 0.3) is 5.91 Å². The first-order chi connectivity index (χ1) is 11.1. The standard InChI is InChI=1S/C16H17FN4O2/c1-10-19-15(23-20-10)16-6-2-4-11(16)8-21(9-16)14(22)13-12(17)5-3-7-18-13/h3,5,7,11H,2,4,6,8-9H2,1H3/t11-,16-/m0/s1. The summed E-state index contributed by atoms with van der Waals surface area (Å²) in [6, 6.07) is 2.74. The summed E-state index contributed by atoms with van der Waals surface area (Å²) in [5, 5.41) is 3.90. The number of hydrogen-bond donors (Lipinski definition) is 0. The van der Waals surface area contributed by atoms with Crippen molar-refractivity contribution in [3.63, 3.8) is 0 Å². The van der Waals surface area contributed by atoms with Gasteiger partial charge in [-0.3, -0.25) is 4.79 Å². The van der Waals surface area contributed by atoms with Crippen molar-refractivity contribution in [2.75, 3.05) is 13.1 Å². The Morgan fingerprint density at radius 2 is 2.39 bits per heavy atom. The molecule has 1 saturated carbocycles. The van der Waals surface area contributed by atoms with Crippen LogP contribution in [0.3, 0.4) is 0 Å². The smallest absolute Gasteiger partial charge is 0.275 e. The summed E-state index contributed by atoms with van der Waals surface area (Å²) in [7, 11) is 0. The minimum absolute atomic E-state index is 0.121. The number of amides is 1. The fourth-order valence-electron chi connectivity index (χ4n) is 3.99. The Morgan fingerprint density at radius 1 is 1.52 bits per heavy atom. The molecule has 2 atom stereocenters. The number of aryl methyl sites for hydroxylation is 1. The molecule has 3 heterocycles. The summed E-state index contributed by atoms with van der Waals surface area (Å²) in [6.07, 6.45) is 4.43. The maximum Gasteiger partial charge on any atom is 0.275 e. The van der Waals surface area contributed by atoms with Gasteiger partial charge in [0, 0.05) is 19.3 Å². The van der Waals surface area contributed by atoms with Gasteiger partial charge in [-0.1, -0.05) is 11.6 Å². The van der Waals surface area contributed by atoms with E-state index in [1.54, 1.807) is 11.8 Å². The van der Waals surface area contributed by atoms with E-state index in [9.17, 15) is 9.18 Å². The molecule has 120 valence electrons. The Hall–Kier alpha value is -2.31. The topological polar surface area (TPSA) is 72.1 Å². The SMILES string of the molecule is Cc1noc([C@]23CCC[C@H]2CN(C(=O)c2ncccc2F)C3)n1. The molecular formula is C16H17FN4O2. The first kappa shape index (κ1) is 14.3. The van der Waals surface area contributed by atoms with E-state index in [-0.39, 0.29) is 22.9 Å². The Labute approximate surface area is 132 Å². The normalized spacial score (nSPS) is 26.5. The fraction of sp³-hybridized carbons (Fsp3) is 0.500. The molecule has 0 unspecified atom stereocenters. The number of nitrogens with zero attached hydrogens (tertiary/aromatic N) is 4. The molecule has 0 radical (unpaired) electrons. The van der Waals surface area contributed by atoms with E-state index in [2.05, 4.69) is 15.1 Å². The van der Waals surface area contributed by atoms with Gasteiger partial charge in [-0.25, -0.2) is 9.37 Å². The number of pyridine rings is 1. The van der Waals surface area contributed by atoms with Gasteiger partial charge in [-0.2, -0.15) is 4.98 Å². The van der Waals surface area contributed by atoms with Crippen molar-refractivity contribution in [1.82, 2.24) is 20.0 Å². The molecule has 0 aromatic carbocycles. The molecule has 0 bridgehead atoms. The summed E-state index contributed by atoms with van der Waals surface area (Å²) >= 11 is 0. The highest BCUT2D eigenvalue weighted by atomic mass is 19.1. The van der Waals surface area contributed by atoms with E-state index in [0.29, 0.717) is 24.8 Å². The molecule has 4 rings (SSSR count). The highest BCUT2D eigenvalue weighted by molar-refractivity contribution is 5.92. The summed E-state index contributed by atoms with van der Waals surface area (Å²) < 4.78 is 19.3. The van der Waals surface area contributed by atoms with E-state index in [1.807, 2.05) is 0 Å². The van der Waals surface area contributed by atoms with E-state index >= 15 is 0 Å². The fourth-order valence-corrected chi connectivity index (χ4v) is 3.99. The Balaban J connectivity index is 1.65. The number of carbonyl (C=O) groups is 1. The molecule has 7 heteroatoms. The van der Waals surface area contributed by atoms with Gasteiger partial charge >= 0.3 is 0 Å². The number of likely N-dealkylation sites (tertiary alicyclic amines) is 1. The lowest BCUT2D eigenvalue weighted by Crippen LogP contribution is -2.35. The molecule has 1 saturated heterocycles. The van der Waals surface area contributed by atoms with E-state index < -0.39 is 5.82 Å². The molecule has 2 fully saturated rings. The maximum atomic E-state index is 13.9. The van der Waals surface area contributed by atoms with Crippen LogP contribution in [0.4, 0.5) is 4.39 Å². The zero-order valence-electron chi connectivity index (χ0n) is 12.8. The van der Waals surface area contributed by atoms with Crippen molar-refractivity contribution in [3.8, 4) is 0 Å². The lowest BCUT2D eigenvalue weighted by molar-refractivity contribution is 0.0764. The Morgan fingerprint density at radius 3 is 3.13 bits per heavy atom. The number of halogens is 1. The van der Waals surface area contributed by atoms with Crippen LogP contribution in [0.25, 0.3) is 0 Å². The Kier molecular flexibility index (Phi) is 3.18. The number of hydrogen-bond acceptors (Lipinski definition) is 5. The lowest BCUT2D eigenvalue weighted by atomic mass is 9.80. The van der Waals surface area contributed by atoms with Gasteiger partial charge < -0.3 is 9.42 Å². The highest BCUT2D eigenvalue weighted by Gasteiger charge is 2.55. The zero-order chi connectivity index (χ0) is 16.0. The van der Waals surface area contributed by atoms with Crippen LogP contribution in [0.15, 0.2) is 22.9 Å². The van der Waals surface area contributed by atoms with Crippen LogP contribution in [0.5, 0.6) is 0 Å². The van der Waals surface area contributed by atoms with Crippen molar-refractivity contribution < 1.29 is 13.7 Å². The van der Waals surface area contributed by atoms with Crippen molar-refractivity contribution in [2.24, 2.45) is 5.92 Å². The van der Waals surface area contributed by atoms with E-state index in [1.165, 1.54) is 18.3 Å². The number of rotatable bonds is 2. The van der Waals surface area contributed by atoms with E-state index in [4.69, 9.17) is 4.52 Å². The van der Waals surface area contributed by atoms with Gasteiger partial charge in [0.05, 0.1) is 5.41 Å². The monoisotopic (exact) mass is 316 g/mol. The second-order valence-corrected chi connectivity index (χ2v) is 6.41. The van der Waals surface area contributed by atoms with Crippen LogP contribution in [0.2, 0.25) is 0 Å². The molecular weight excluding hydrogens is 299 g/mol. The maximum absolute atomic E-state index is 13.9. The van der Waals surface area contributed by atoms with Crippen LogP contribution in [-0.4, -0.2) is 39.0 Å².